The van der Waals surface area contributed by atoms with Crippen LogP contribution in [-0.4, -0.2) is 45.3 Å². The number of hydrogen-bond acceptors (Lipinski definition) is 7. The summed E-state index contributed by atoms with van der Waals surface area (Å²) in [6.07, 6.45) is 1.17. The molecule has 1 unspecified atom stereocenters. The fraction of sp³-hybridized carbons (Fsp3) is 0.261. The minimum Gasteiger partial charge on any atom is -0.394 e. The van der Waals surface area contributed by atoms with Crippen LogP contribution in [0.5, 0.6) is 0 Å². The number of amidine groups is 1. The van der Waals surface area contributed by atoms with Crippen LogP contribution in [0.4, 0.5) is 23.1 Å². The second kappa shape index (κ2) is 10.5. The molecular weight excluding hydrogens is 392 g/mol. The molecule has 0 aliphatic heterocycles. The Kier molecular flexibility index (Phi) is 7.53. The predicted molar refractivity (Wildman–Crippen MR) is 124 cm³/mol. The van der Waals surface area contributed by atoms with Gasteiger partial charge in [-0.15, -0.1) is 0 Å². The van der Waals surface area contributed by atoms with E-state index in [-0.39, 0.29) is 12.4 Å². The minimum absolute atomic E-state index is 0.286. The van der Waals surface area contributed by atoms with Crippen molar-refractivity contribution in [1.29, 1.82) is 0 Å². The van der Waals surface area contributed by atoms with Gasteiger partial charge in [0.15, 0.2) is 0 Å². The van der Waals surface area contributed by atoms with Gasteiger partial charge in [-0.1, -0.05) is 36.4 Å². The molecule has 2 aromatic carbocycles. The first-order valence-electron chi connectivity index (χ1n) is 10.1. The van der Waals surface area contributed by atoms with Crippen molar-refractivity contribution in [3.05, 3.63) is 71.4 Å². The van der Waals surface area contributed by atoms with Crippen LogP contribution < -0.4 is 16.4 Å². The van der Waals surface area contributed by atoms with Crippen molar-refractivity contribution in [1.82, 2.24) is 9.97 Å². The van der Waals surface area contributed by atoms with E-state index in [4.69, 9.17) is 10.8 Å². The van der Waals surface area contributed by atoms with Crippen molar-refractivity contribution < 1.29 is 10.2 Å². The normalized spacial score (nSPS) is 12.5. The SMILES string of the molecule is Cc1cccc(C)c1N=C(N)c1cnc(Nc2ccccc2)nc1NCCC(O)CO. The maximum Gasteiger partial charge on any atom is 0.229 e. The second-order valence-electron chi connectivity index (χ2n) is 7.24. The van der Waals surface area contributed by atoms with Crippen molar-refractivity contribution >= 4 is 29.0 Å². The summed E-state index contributed by atoms with van der Waals surface area (Å²) in [5, 5.41) is 25.0. The van der Waals surface area contributed by atoms with Crippen LogP contribution in [0.2, 0.25) is 0 Å². The van der Waals surface area contributed by atoms with E-state index in [1.54, 1.807) is 6.20 Å². The number of anilines is 3. The average molecular weight is 421 g/mol. The van der Waals surface area contributed by atoms with E-state index >= 15 is 0 Å². The van der Waals surface area contributed by atoms with E-state index in [2.05, 4.69) is 25.6 Å². The lowest BCUT2D eigenvalue weighted by molar-refractivity contribution is 0.0911. The van der Waals surface area contributed by atoms with Gasteiger partial charge in [-0.2, -0.15) is 4.98 Å². The van der Waals surface area contributed by atoms with Crippen LogP contribution >= 0.6 is 0 Å². The zero-order valence-corrected chi connectivity index (χ0v) is 17.7. The summed E-state index contributed by atoms with van der Waals surface area (Å²) in [6.45, 7) is 4.07. The number of para-hydroxylation sites is 2. The Balaban J connectivity index is 1.92. The molecule has 0 amide bonds. The first-order chi connectivity index (χ1) is 15.0. The van der Waals surface area contributed by atoms with Gasteiger partial charge in [0.25, 0.3) is 0 Å². The zero-order valence-electron chi connectivity index (χ0n) is 17.7. The van der Waals surface area contributed by atoms with Crippen molar-refractivity contribution in [3.63, 3.8) is 0 Å². The monoisotopic (exact) mass is 420 g/mol. The number of benzene rings is 2. The van der Waals surface area contributed by atoms with Gasteiger partial charge in [-0.3, -0.25) is 0 Å². The van der Waals surface area contributed by atoms with Crippen molar-refractivity contribution in [2.45, 2.75) is 26.4 Å². The van der Waals surface area contributed by atoms with E-state index in [1.807, 2.05) is 62.4 Å². The van der Waals surface area contributed by atoms with Crippen molar-refractivity contribution in [2.24, 2.45) is 10.7 Å². The number of nitrogens with one attached hydrogen (secondary N) is 2. The molecule has 6 N–H and O–H groups in total. The van der Waals surface area contributed by atoms with Crippen molar-refractivity contribution in [2.75, 3.05) is 23.8 Å². The standard InChI is InChI=1S/C23H28N6O2/c1-15-7-6-8-16(2)20(15)28-21(24)19-13-26-23(27-17-9-4-3-5-10-17)29-22(19)25-12-11-18(31)14-30/h3-10,13,18,30-31H,11-12,14H2,1-2H3,(H2,24,28)(H2,25,26,27,29). The largest absolute Gasteiger partial charge is 0.394 e. The maximum absolute atomic E-state index is 9.64. The summed E-state index contributed by atoms with van der Waals surface area (Å²) in [6, 6.07) is 15.5. The lowest BCUT2D eigenvalue weighted by atomic mass is 10.1. The predicted octanol–water partition coefficient (Wildman–Crippen LogP) is 3.03. The molecule has 0 bridgehead atoms. The number of aryl methyl sites for hydroxylation is 2. The molecule has 8 nitrogen and oxygen atoms in total. The molecule has 0 aliphatic carbocycles. The smallest absolute Gasteiger partial charge is 0.229 e. The third-order valence-corrected chi connectivity index (χ3v) is 4.75. The fourth-order valence-corrected chi connectivity index (χ4v) is 3.03. The quantitative estimate of drug-likeness (QED) is 0.266. The third kappa shape index (κ3) is 6.00. The van der Waals surface area contributed by atoms with E-state index in [1.165, 1.54) is 0 Å². The number of hydrogen-bond donors (Lipinski definition) is 5. The molecule has 0 aliphatic rings. The molecule has 162 valence electrons. The highest BCUT2D eigenvalue weighted by atomic mass is 16.3. The summed E-state index contributed by atoms with van der Waals surface area (Å²) in [5.74, 6) is 1.18. The molecule has 0 saturated carbocycles. The number of aliphatic hydroxyl groups excluding tert-OH is 2. The molecule has 1 heterocycles. The molecular formula is C23H28N6O2. The highest BCUT2D eigenvalue weighted by Gasteiger charge is 2.13. The maximum atomic E-state index is 9.64. The Bertz CT molecular complexity index is 1020. The molecule has 1 aromatic heterocycles. The number of aliphatic imine (C=N–C) groups is 1. The molecule has 31 heavy (non-hydrogen) atoms. The molecule has 8 heteroatoms. The van der Waals surface area contributed by atoms with Gasteiger partial charge < -0.3 is 26.6 Å². The number of rotatable bonds is 9. The van der Waals surface area contributed by atoms with Crippen LogP contribution in [-0.2, 0) is 0 Å². The highest BCUT2D eigenvalue weighted by molar-refractivity contribution is 6.03. The van der Waals surface area contributed by atoms with Gasteiger partial charge in [-0.25, -0.2) is 9.98 Å². The zero-order chi connectivity index (χ0) is 22.2. The summed E-state index contributed by atoms with van der Waals surface area (Å²) in [7, 11) is 0. The third-order valence-electron chi connectivity index (χ3n) is 4.75. The summed E-state index contributed by atoms with van der Waals surface area (Å²) in [4.78, 5) is 13.6. The van der Waals surface area contributed by atoms with Crippen LogP contribution in [0.15, 0.2) is 59.7 Å². The van der Waals surface area contributed by atoms with Crippen LogP contribution in [0.3, 0.4) is 0 Å². The van der Waals surface area contributed by atoms with Gasteiger partial charge in [-0.05, 0) is 43.5 Å². The molecule has 3 aromatic rings. The molecule has 1 atom stereocenters. The first-order valence-corrected chi connectivity index (χ1v) is 10.1. The van der Waals surface area contributed by atoms with Gasteiger partial charge in [0, 0.05) is 18.4 Å². The molecule has 0 saturated heterocycles. The van der Waals surface area contributed by atoms with Gasteiger partial charge in [0.05, 0.1) is 24.0 Å². The van der Waals surface area contributed by atoms with E-state index in [9.17, 15) is 5.11 Å². The molecule has 0 spiro atoms. The fourth-order valence-electron chi connectivity index (χ4n) is 3.03. The topological polar surface area (TPSA) is 129 Å². The molecule has 3 rings (SSSR count). The second-order valence-corrected chi connectivity index (χ2v) is 7.24. The van der Waals surface area contributed by atoms with Gasteiger partial charge >= 0.3 is 0 Å². The number of aliphatic hydroxyl groups is 2. The van der Waals surface area contributed by atoms with Crippen LogP contribution in [0.1, 0.15) is 23.1 Å². The van der Waals surface area contributed by atoms with Gasteiger partial charge in [0.1, 0.15) is 11.7 Å². The van der Waals surface area contributed by atoms with Crippen LogP contribution in [0.25, 0.3) is 0 Å². The Hall–Kier alpha value is -3.49. The average Bonchev–Trinajstić information content (AvgIpc) is 2.77. The summed E-state index contributed by atoms with van der Waals surface area (Å²) >= 11 is 0. The Morgan fingerprint density at radius 2 is 1.81 bits per heavy atom. The number of nitrogens with two attached hydrogens (primary N) is 1. The summed E-state index contributed by atoms with van der Waals surface area (Å²) in [5.41, 5.74) is 10.6. The Labute approximate surface area is 181 Å². The van der Waals surface area contributed by atoms with E-state index in [0.717, 1.165) is 22.5 Å². The minimum atomic E-state index is -0.805. The summed E-state index contributed by atoms with van der Waals surface area (Å²) < 4.78 is 0. The number of nitrogens with zero attached hydrogens (tertiary/aromatic N) is 3. The van der Waals surface area contributed by atoms with E-state index < -0.39 is 6.10 Å². The Morgan fingerprint density at radius 1 is 1.10 bits per heavy atom. The van der Waals surface area contributed by atoms with Crippen LogP contribution in [0, 0.1) is 13.8 Å². The molecule has 0 radical (unpaired) electrons. The first kappa shape index (κ1) is 22.2. The van der Waals surface area contributed by atoms with Gasteiger partial charge in [0.2, 0.25) is 5.95 Å². The lowest BCUT2D eigenvalue weighted by Crippen LogP contribution is -2.21. The lowest BCUT2D eigenvalue weighted by Gasteiger charge is -2.14. The molecule has 0 fully saturated rings. The highest BCUT2D eigenvalue weighted by Crippen LogP contribution is 2.25. The van der Waals surface area contributed by atoms with Crippen molar-refractivity contribution in [3.8, 4) is 0 Å². The number of aromatic nitrogens is 2. The van der Waals surface area contributed by atoms with E-state index in [0.29, 0.717) is 30.3 Å². The Morgan fingerprint density at radius 3 is 2.48 bits per heavy atom.